The fourth-order valence-electron chi connectivity index (χ4n) is 1.82. The summed E-state index contributed by atoms with van der Waals surface area (Å²) in [5.41, 5.74) is 2.61. The summed E-state index contributed by atoms with van der Waals surface area (Å²) in [4.78, 5) is 0. The smallest absolute Gasteiger partial charge is 0.409 e. The number of allylic oxidation sites excluding steroid dienone is 3. The van der Waals surface area contributed by atoms with Gasteiger partial charge >= 0.3 is 7.12 Å². The standard InChI is InChI=1S/C14H23BO2/c1-6-9-15(16-11(2)3)17-14-10-12(4)7-8-13(14)5/h6-8,11,14H,1,9-10H2,2-5H3. The first-order chi connectivity index (χ1) is 8.02. The predicted octanol–water partition coefficient (Wildman–Crippen LogP) is 3.77. The highest BCUT2D eigenvalue weighted by Crippen LogP contribution is 2.23. The van der Waals surface area contributed by atoms with E-state index in [2.05, 4.69) is 32.6 Å². The summed E-state index contributed by atoms with van der Waals surface area (Å²) in [6.07, 6.45) is 8.12. The van der Waals surface area contributed by atoms with Crippen molar-refractivity contribution in [2.75, 3.05) is 0 Å². The Hall–Kier alpha value is -0.795. The summed E-state index contributed by atoms with van der Waals surface area (Å²) in [6.45, 7) is 12.0. The van der Waals surface area contributed by atoms with E-state index in [4.69, 9.17) is 9.31 Å². The molecule has 0 spiro atoms. The molecular formula is C14H23BO2. The summed E-state index contributed by atoms with van der Waals surface area (Å²) in [6, 6.07) is 0. The molecule has 2 nitrogen and oxygen atoms in total. The van der Waals surface area contributed by atoms with Crippen LogP contribution >= 0.6 is 0 Å². The van der Waals surface area contributed by atoms with E-state index in [0.29, 0.717) is 0 Å². The van der Waals surface area contributed by atoms with Crippen LogP contribution in [0.25, 0.3) is 0 Å². The summed E-state index contributed by atoms with van der Waals surface area (Å²) < 4.78 is 11.8. The van der Waals surface area contributed by atoms with E-state index < -0.39 is 0 Å². The van der Waals surface area contributed by atoms with Crippen molar-refractivity contribution >= 4 is 7.12 Å². The molecule has 0 saturated heterocycles. The zero-order chi connectivity index (χ0) is 12.8. The molecule has 0 heterocycles. The van der Waals surface area contributed by atoms with Gasteiger partial charge in [-0.05, 0) is 39.7 Å². The molecule has 0 aromatic carbocycles. The Balaban J connectivity index is 2.58. The van der Waals surface area contributed by atoms with Crippen LogP contribution in [0.15, 0.2) is 36.0 Å². The Kier molecular flexibility index (Phi) is 5.73. The van der Waals surface area contributed by atoms with Gasteiger partial charge in [-0.3, -0.25) is 0 Å². The molecule has 0 aromatic rings. The lowest BCUT2D eigenvalue weighted by Crippen LogP contribution is -2.32. The largest absolute Gasteiger partial charge is 0.461 e. The van der Waals surface area contributed by atoms with Crippen LogP contribution in [0.5, 0.6) is 0 Å². The molecule has 17 heavy (non-hydrogen) atoms. The van der Waals surface area contributed by atoms with Gasteiger partial charge in [0.2, 0.25) is 0 Å². The van der Waals surface area contributed by atoms with Crippen molar-refractivity contribution in [1.29, 1.82) is 0 Å². The van der Waals surface area contributed by atoms with Crippen LogP contribution in [-0.4, -0.2) is 19.3 Å². The lowest BCUT2D eigenvalue weighted by atomic mass is 9.82. The van der Waals surface area contributed by atoms with E-state index in [1.54, 1.807) is 0 Å². The van der Waals surface area contributed by atoms with Crippen molar-refractivity contribution in [3.63, 3.8) is 0 Å². The maximum absolute atomic E-state index is 6.02. The second kappa shape index (κ2) is 6.82. The third kappa shape index (κ3) is 4.92. The van der Waals surface area contributed by atoms with E-state index in [1.165, 1.54) is 11.1 Å². The zero-order valence-corrected chi connectivity index (χ0v) is 11.4. The van der Waals surface area contributed by atoms with Crippen molar-refractivity contribution in [2.24, 2.45) is 0 Å². The van der Waals surface area contributed by atoms with E-state index in [1.807, 2.05) is 19.9 Å². The average Bonchev–Trinajstić information content (AvgIpc) is 2.23. The van der Waals surface area contributed by atoms with Crippen molar-refractivity contribution in [3.8, 4) is 0 Å². The second-order valence-electron chi connectivity index (χ2n) is 4.89. The van der Waals surface area contributed by atoms with Gasteiger partial charge in [0.25, 0.3) is 0 Å². The highest BCUT2D eigenvalue weighted by atomic mass is 16.6. The van der Waals surface area contributed by atoms with E-state index in [9.17, 15) is 0 Å². The van der Waals surface area contributed by atoms with Crippen molar-refractivity contribution < 1.29 is 9.31 Å². The first-order valence-electron chi connectivity index (χ1n) is 6.28. The first-order valence-corrected chi connectivity index (χ1v) is 6.28. The van der Waals surface area contributed by atoms with Gasteiger partial charge in [-0.15, -0.1) is 6.58 Å². The van der Waals surface area contributed by atoms with Crippen molar-refractivity contribution in [1.82, 2.24) is 0 Å². The van der Waals surface area contributed by atoms with Crippen LogP contribution in [0, 0.1) is 0 Å². The maximum Gasteiger partial charge on any atom is 0.461 e. The van der Waals surface area contributed by atoms with Gasteiger partial charge in [-0.25, -0.2) is 0 Å². The van der Waals surface area contributed by atoms with Gasteiger partial charge in [0.15, 0.2) is 0 Å². The maximum atomic E-state index is 6.02. The minimum absolute atomic E-state index is 0.142. The molecule has 0 fully saturated rings. The zero-order valence-electron chi connectivity index (χ0n) is 11.4. The van der Waals surface area contributed by atoms with Crippen LogP contribution < -0.4 is 0 Å². The highest BCUT2D eigenvalue weighted by molar-refractivity contribution is 6.45. The Morgan fingerprint density at radius 3 is 2.76 bits per heavy atom. The Morgan fingerprint density at radius 1 is 1.47 bits per heavy atom. The molecule has 0 bridgehead atoms. The Morgan fingerprint density at radius 2 is 2.18 bits per heavy atom. The predicted molar refractivity (Wildman–Crippen MR) is 74.0 cm³/mol. The van der Waals surface area contributed by atoms with Crippen LogP contribution in [-0.2, 0) is 9.31 Å². The van der Waals surface area contributed by atoms with Crippen LogP contribution in [0.4, 0.5) is 0 Å². The van der Waals surface area contributed by atoms with Crippen LogP contribution in [0.3, 0.4) is 0 Å². The summed E-state index contributed by atoms with van der Waals surface area (Å²) in [7, 11) is -0.188. The van der Waals surface area contributed by atoms with Gasteiger partial charge in [0.05, 0.1) is 6.10 Å². The summed E-state index contributed by atoms with van der Waals surface area (Å²) in [5, 5.41) is 0. The fraction of sp³-hybridized carbons (Fsp3) is 0.571. The topological polar surface area (TPSA) is 18.5 Å². The fourth-order valence-corrected chi connectivity index (χ4v) is 1.82. The molecule has 1 aliphatic carbocycles. The molecule has 0 aliphatic heterocycles. The quantitative estimate of drug-likeness (QED) is 0.514. The van der Waals surface area contributed by atoms with E-state index in [0.717, 1.165) is 12.7 Å². The second-order valence-corrected chi connectivity index (χ2v) is 4.89. The molecule has 3 heteroatoms. The number of rotatable bonds is 6. The minimum atomic E-state index is -0.188. The molecule has 1 rings (SSSR count). The van der Waals surface area contributed by atoms with Crippen molar-refractivity contribution in [2.45, 2.75) is 52.6 Å². The SMILES string of the molecule is C=CCB(OC(C)C)OC1CC(C)=CC=C1C. The molecule has 0 amide bonds. The lowest BCUT2D eigenvalue weighted by Gasteiger charge is -2.26. The van der Waals surface area contributed by atoms with Gasteiger partial charge in [-0.2, -0.15) is 0 Å². The molecule has 0 aromatic heterocycles. The minimum Gasteiger partial charge on any atom is -0.409 e. The molecule has 1 atom stereocenters. The lowest BCUT2D eigenvalue weighted by molar-refractivity contribution is 0.130. The van der Waals surface area contributed by atoms with E-state index in [-0.39, 0.29) is 19.3 Å². The van der Waals surface area contributed by atoms with Gasteiger partial charge < -0.3 is 9.31 Å². The third-order valence-corrected chi connectivity index (χ3v) is 2.75. The monoisotopic (exact) mass is 234 g/mol. The normalized spacial score (nSPS) is 19.9. The van der Waals surface area contributed by atoms with Crippen LogP contribution in [0.1, 0.15) is 34.1 Å². The average molecular weight is 234 g/mol. The Bertz CT molecular complexity index is 318. The Labute approximate surface area is 106 Å². The van der Waals surface area contributed by atoms with Crippen molar-refractivity contribution in [3.05, 3.63) is 36.0 Å². The molecule has 0 radical (unpaired) electrons. The molecular weight excluding hydrogens is 211 g/mol. The molecule has 1 aliphatic rings. The first kappa shape index (κ1) is 14.3. The summed E-state index contributed by atoms with van der Waals surface area (Å²) in [5.74, 6) is 0. The third-order valence-electron chi connectivity index (χ3n) is 2.75. The van der Waals surface area contributed by atoms with Gasteiger partial charge in [-0.1, -0.05) is 23.8 Å². The van der Waals surface area contributed by atoms with E-state index >= 15 is 0 Å². The number of hydrogen-bond acceptors (Lipinski definition) is 2. The number of hydrogen-bond donors (Lipinski definition) is 0. The van der Waals surface area contributed by atoms with Gasteiger partial charge in [0.1, 0.15) is 0 Å². The van der Waals surface area contributed by atoms with Crippen LogP contribution in [0.2, 0.25) is 6.32 Å². The molecule has 0 N–H and O–H groups in total. The highest BCUT2D eigenvalue weighted by Gasteiger charge is 2.25. The molecule has 94 valence electrons. The molecule has 1 unspecified atom stereocenters. The molecule has 0 saturated carbocycles. The van der Waals surface area contributed by atoms with Gasteiger partial charge in [0, 0.05) is 12.4 Å². The summed E-state index contributed by atoms with van der Waals surface area (Å²) >= 11 is 0.